The largest absolute Gasteiger partial charge is 0.481 e. The fourth-order valence-corrected chi connectivity index (χ4v) is 3.37. The number of nitrogens with zero attached hydrogens (tertiary/aromatic N) is 2. The van der Waals surface area contributed by atoms with E-state index in [1.165, 1.54) is 11.3 Å². The second-order valence-corrected chi connectivity index (χ2v) is 5.66. The minimum atomic E-state index is -0.861. The summed E-state index contributed by atoms with van der Waals surface area (Å²) in [5.74, 6) is -0.861. The minimum Gasteiger partial charge on any atom is -0.481 e. The Morgan fingerprint density at radius 1 is 1.28 bits per heavy atom. The van der Waals surface area contributed by atoms with Crippen molar-refractivity contribution in [3.05, 3.63) is 34.7 Å². The fourth-order valence-electron chi connectivity index (χ4n) is 1.60. The van der Waals surface area contributed by atoms with Gasteiger partial charge in [-0.25, -0.2) is 9.97 Å². The van der Waals surface area contributed by atoms with Gasteiger partial charge in [-0.1, -0.05) is 12.1 Å². The van der Waals surface area contributed by atoms with Gasteiger partial charge in [-0.2, -0.15) is 0 Å². The predicted octanol–water partition coefficient (Wildman–Crippen LogP) is 3.05. The van der Waals surface area contributed by atoms with E-state index in [4.69, 9.17) is 5.11 Å². The highest BCUT2D eigenvalue weighted by molar-refractivity contribution is 7.21. The molecule has 2 heterocycles. The van der Waals surface area contributed by atoms with Crippen molar-refractivity contribution in [1.29, 1.82) is 0 Å². The smallest absolute Gasteiger partial charge is 0.310 e. The lowest BCUT2D eigenvalue weighted by Crippen LogP contribution is -1.98. The molecule has 0 spiro atoms. The van der Waals surface area contributed by atoms with Crippen LogP contribution in [0.2, 0.25) is 0 Å². The van der Waals surface area contributed by atoms with E-state index in [9.17, 15) is 4.79 Å². The molecule has 2 aromatic heterocycles. The van der Waals surface area contributed by atoms with Gasteiger partial charge in [0.15, 0.2) is 0 Å². The molecule has 0 atom stereocenters. The Hall–Kier alpha value is -1.79. The molecular formula is C12H8N2O2S2. The average Bonchev–Trinajstić information content (AvgIpc) is 2.93. The summed E-state index contributed by atoms with van der Waals surface area (Å²) in [5, 5.41) is 12.0. The Morgan fingerprint density at radius 3 is 2.89 bits per heavy atom. The highest BCUT2D eigenvalue weighted by Crippen LogP contribution is 2.30. The number of para-hydroxylation sites is 1. The van der Waals surface area contributed by atoms with E-state index in [0.29, 0.717) is 5.01 Å². The van der Waals surface area contributed by atoms with Crippen LogP contribution in [-0.2, 0) is 11.2 Å². The molecule has 0 aliphatic carbocycles. The molecule has 0 radical (unpaired) electrons. The SMILES string of the molecule is O=C(O)Cc1nc(-c2nc3ccccc3s2)cs1. The number of benzene rings is 1. The van der Waals surface area contributed by atoms with Gasteiger partial charge in [0.2, 0.25) is 0 Å². The molecule has 0 aliphatic rings. The van der Waals surface area contributed by atoms with Crippen LogP contribution < -0.4 is 0 Å². The van der Waals surface area contributed by atoms with Crippen molar-refractivity contribution in [3.63, 3.8) is 0 Å². The summed E-state index contributed by atoms with van der Waals surface area (Å²) < 4.78 is 1.11. The van der Waals surface area contributed by atoms with Crippen molar-refractivity contribution in [2.24, 2.45) is 0 Å². The zero-order valence-corrected chi connectivity index (χ0v) is 10.8. The lowest BCUT2D eigenvalue weighted by Gasteiger charge is -1.87. The molecule has 90 valence electrons. The molecule has 0 aliphatic heterocycles. The number of hydrogen-bond acceptors (Lipinski definition) is 5. The van der Waals surface area contributed by atoms with Crippen molar-refractivity contribution in [1.82, 2.24) is 9.97 Å². The van der Waals surface area contributed by atoms with Crippen LogP contribution in [0.25, 0.3) is 20.9 Å². The van der Waals surface area contributed by atoms with Crippen LogP contribution in [0.15, 0.2) is 29.6 Å². The highest BCUT2D eigenvalue weighted by Gasteiger charge is 2.11. The maximum atomic E-state index is 10.6. The summed E-state index contributed by atoms with van der Waals surface area (Å²) >= 11 is 2.93. The summed E-state index contributed by atoms with van der Waals surface area (Å²) in [5.41, 5.74) is 1.71. The van der Waals surface area contributed by atoms with Gasteiger partial charge in [0.05, 0.1) is 16.6 Å². The molecule has 4 nitrogen and oxygen atoms in total. The summed E-state index contributed by atoms with van der Waals surface area (Å²) in [6.07, 6.45) is -0.0322. The first-order valence-electron chi connectivity index (χ1n) is 5.24. The van der Waals surface area contributed by atoms with Gasteiger partial charge in [0.1, 0.15) is 15.7 Å². The molecule has 0 unspecified atom stereocenters. The topological polar surface area (TPSA) is 63.1 Å². The first kappa shape index (κ1) is 11.3. The monoisotopic (exact) mass is 276 g/mol. The Balaban J connectivity index is 1.98. The summed E-state index contributed by atoms with van der Waals surface area (Å²) in [4.78, 5) is 19.4. The van der Waals surface area contributed by atoms with E-state index < -0.39 is 5.97 Å². The van der Waals surface area contributed by atoms with Crippen LogP contribution in [0, 0.1) is 0 Å². The third kappa shape index (κ3) is 2.12. The van der Waals surface area contributed by atoms with Crippen molar-refractivity contribution < 1.29 is 9.90 Å². The number of carboxylic acids is 1. The summed E-state index contributed by atoms with van der Waals surface area (Å²) in [7, 11) is 0. The van der Waals surface area contributed by atoms with E-state index in [-0.39, 0.29) is 6.42 Å². The van der Waals surface area contributed by atoms with Gasteiger partial charge >= 0.3 is 5.97 Å². The van der Waals surface area contributed by atoms with Crippen molar-refractivity contribution >= 4 is 38.9 Å². The van der Waals surface area contributed by atoms with E-state index >= 15 is 0 Å². The van der Waals surface area contributed by atoms with Gasteiger partial charge in [-0.15, -0.1) is 22.7 Å². The van der Waals surface area contributed by atoms with Crippen LogP contribution in [0.4, 0.5) is 0 Å². The second kappa shape index (κ2) is 4.47. The van der Waals surface area contributed by atoms with E-state index in [2.05, 4.69) is 9.97 Å². The normalized spacial score (nSPS) is 10.9. The lowest BCUT2D eigenvalue weighted by atomic mass is 10.3. The van der Waals surface area contributed by atoms with Gasteiger partial charge in [0.25, 0.3) is 0 Å². The molecule has 0 saturated carbocycles. The quantitative estimate of drug-likeness (QED) is 0.798. The molecule has 0 bridgehead atoms. The molecule has 0 amide bonds. The maximum Gasteiger partial charge on any atom is 0.310 e. The Kier molecular flexibility index (Phi) is 2.81. The maximum absolute atomic E-state index is 10.6. The van der Waals surface area contributed by atoms with E-state index in [1.54, 1.807) is 11.3 Å². The summed E-state index contributed by atoms with van der Waals surface area (Å²) in [6, 6.07) is 7.89. The Morgan fingerprint density at radius 2 is 2.11 bits per heavy atom. The van der Waals surface area contributed by atoms with Gasteiger partial charge in [-0.05, 0) is 12.1 Å². The first-order valence-corrected chi connectivity index (χ1v) is 6.94. The fraction of sp³-hybridized carbons (Fsp3) is 0.0833. The number of rotatable bonds is 3. The zero-order chi connectivity index (χ0) is 12.5. The second-order valence-electron chi connectivity index (χ2n) is 3.68. The van der Waals surface area contributed by atoms with Gasteiger partial charge in [-0.3, -0.25) is 4.79 Å². The van der Waals surface area contributed by atoms with Crippen LogP contribution >= 0.6 is 22.7 Å². The van der Waals surface area contributed by atoms with Crippen LogP contribution in [0.3, 0.4) is 0 Å². The van der Waals surface area contributed by atoms with Crippen LogP contribution in [-0.4, -0.2) is 21.0 Å². The molecular weight excluding hydrogens is 268 g/mol. The lowest BCUT2D eigenvalue weighted by molar-refractivity contribution is -0.136. The highest BCUT2D eigenvalue weighted by atomic mass is 32.1. The average molecular weight is 276 g/mol. The zero-order valence-electron chi connectivity index (χ0n) is 9.16. The number of aliphatic carboxylic acids is 1. The van der Waals surface area contributed by atoms with Crippen LogP contribution in [0.5, 0.6) is 0 Å². The standard InChI is InChI=1S/C12H8N2O2S2/c15-11(16)5-10-13-8(6-17-10)12-14-7-3-1-2-4-9(7)18-12/h1-4,6H,5H2,(H,15,16). The first-order chi connectivity index (χ1) is 8.72. The predicted molar refractivity (Wildman–Crippen MR) is 72.1 cm³/mol. The Bertz CT molecular complexity index is 685. The molecule has 0 fully saturated rings. The number of carbonyl (C=O) groups is 1. The molecule has 3 rings (SSSR count). The van der Waals surface area contributed by atoms with E-state index in [1.807, 2.05) is 29.6 Å². The number of fused-ring (bicyclic) bond motifs is 1. The van der Waals surface area contributed by atoms with Crippen molar-refractivity contribution in [2.75, 3.05) is 0 Å². The molecule has 1 N–H and O–H groups in total. The molecule has 18 heavy (non-hydrogen) atoms. The van der Waals surface area contributed by atoms with Gasteiger partial charge in [0, 0.05) is 5.38 Å². The summed E-state index contributed by atoms with van der Waals surface area (Å²) in [6.45, 7) is 0. The van der Waals surface area contributed by atoms with Crippen LogP contribution in [0.1, 0.15) is 5.01 Å². The molecule has 6 heteroatoms. The van der Waals surface area contributed by atoms with E-state index in [0.717, 1.165) is 20.9 Å². The third-order valence-electron chi connectivity index (χ3n) is 2.37. The van der Waals surface area contributed by atoms with Crippen molar-refractivity contribution in [2.45, 2.75) is 6.42 Å². The molecule has 0 saturated heterocycles. The Labute approximate surface area is 111 Å². The number of carboxylic acid groups (broad SMARTS) is 1. The van der Waals surface area contributed by atoms with Gasteiger partial charge < -0.3 is 5.11 Å². The number of hydrogen-bond donors (Lipinski definition) is 1. The number of aromatic nitrogens is 2. The van der Waals surface area contributed by atoms with Crippen molar-refractivity contribution in [3.8, 4) is 10.7 Å². The molecule has 1 aromatic carbocycles. The third-order valence-corrected chi connectivity index (χ3v) is 4.27. The minimum absolute atomic E-state index is 0.0322. The molecule has 3 aromatic rings. The number of thiazole rings is 2.